The highest BCUT2D eigenvalue weighted by atomic mass is 79.9. The van der Waals surface area contributed by atoms with Gasteiger partial charge in [-0.2, -0.15) is 10.2 Å². The molecule has 0 fully saturated rings. The fraction of sp³-hybridized carbons (Fsp3) is 0.143. The Kier molecular flexibility index (Phi) is 2.58. The third kappa shape index (κ3) is 1.68. The highest BCUT2D eigenvalue weighted by molar-refractivity contribution is 9.10. The van der Waals surface area contributed by atoms with Crippen molar-refractivity contribution in [2.24, 2.45) is 5.10 Å². The first-order valence-electron chi connectivity index (χ1n) is 3.86. The van der Waals surface area contributed by atoms with Crippen molar-refractivity contribution in [1.82, 2.24) is 10.4 Å². The molecule has 0 radical (unpaired) electrons. The van der Waals surface area contributed by atoms with Crippen molar-refractivity contribution in [3.05, 3.63) is 15.7 Å². The molecule has 0 spiro atoms. The Hall–Kier alpha value is -0.850. The second-order valence-corrected chi connectivity index (χ2v) is 3.80. The lowest BCUT2D eigenvalue weighted by molar-refractivity contribution is 0.742. The molecule has 7 heteroatoms. The summed E-state index contributed by atoms with van der Waals surface area (Å²) >= 11 is 9.19. The first kappa shape index (κ1) is 9.70. The van der Waals surface area contributed by atoms with Crippen molar-refractivity contribution in [3.8, 4) is 0 Å². The molecule has 5 nitrogen and oxygen atoms in total. The zero-order valence-corrected chi connectivity index (χ0v) is 9.38. The SMILES string of the molecule is Nc1cc(Cl)c(N2N=CCN2)nc1Br. The Morgan fingerprint density at radius 1 is 1.64 bits per heavy atom. The van der Waals surface area contributed by atoms with Crippen LogP contribution < -0.4 is 16.3 Å². The highest BCUT2D eigenvalue weighted by Gasteiger charge is 2.15. The van der Waals surface area contributed by atoms with E-state index in [-0.39, 0.29) is 0 Å². The smallest absolute Gasteiger partial charge is 0.186 e. The number of nitrogens with two attached hydrogens (primary N) is 1. The number of hydrogen-bond donors (Lipinski definition) is 2. The van der Waals surface area contributed by atoms with E-state index in [1.54, 1.807) is 12.3 Å². The summed E-state index contributed by atoms with van der Waals surface area (Å²) in [6.07, 6.45) is 1.72. The lowest BCUT2D eigenvalue weighted by Crippen LogP contribution is -2.29. The summed E-state index contributed by atoms with van der Waals surface area (Å²) in [6.45, 7) is 0.667. The van der Waals surface area contributed by atoms with Gasteiger partial charge in [-0.25, -0.2) is 10.4 Å². The van der Waals surface area contributed by atoms with Gasteiger partial charge in [0.05, 0.1) is 17.3 Å². The number of pyridine rings is 1. The van der Waals surface area contributed by atoms with Crippen molar-refractivity contribution in [2.75, 3.05) is 17.4 Å². The number of anilines is 2. The highest BCUT2D eigenvalue weighted by Crippen LogP contribution is 2.29. The molecule has 0 saturated heterocycles. The summed E-state index contributed by atoms with van der Waals surface area (Å²) in [4.78, 5) is 4.16. The van der Waals surface area contributed by atoms with Crippen LogP contribution in [0, 0.1) is 0 Å². The van der Waals surface area contributed by atoms with Crippen LogP contribution in [-0.2, 0) is 0 Å². The summed E-state index contributed by atoms with van der Waals surface area (Å²) in [5.41, 5.74) is 9.08. The molecule has 1 aromatic rings. The summed E-state index contributed by atoms with van der Waals surface area (Å²) in [5.74, 6) is 0.529. The van der Waals surface area contributed by atoms with E-state index >= 15 is 0 Å². The Bertz CT molecular complexity index is 394. The first-order valence-corrected chi connectivity index (χ1v) is 5.03. The summed E-state index contributed by atoms with van der Waals surface area (Å²) in [5, 5.41) is 5.99. The average molecular weight is 277 g/mol. The number of aromatic nitrogens is 1. The molecule has 0 atom stereocenters. The average Bonchev–Trinajstić information content (AvgIpc) is 2.64. The van der Waals surface area contributed by atoms with Gasteiger partial charge in [0.1, 0.15) is 4.60 Å². The predicted octanol–water partition coefficient (Wildman–Crippen LogP) is 1.39. The van der Waals surface area contributed by atoms with Crippen molar-refractivity contribution in [1.29, 1.82) is 0 Å². The Morgan fingerprint density at radius 3 is 3.07 bits per heavy atom. The molecular weight excluding hydrogens is 269 g/mol. The lowest BCUT2D eigenvalue weighted by Gasteiger charge is -2.14. The molecule has 3 N–H and O–H groups in total. The van der Waals surface area contributed by atoms with E-state index in [1.807, 2.05) is 0 Å². The maximum atomic E-state index is 5.96. The molecule has 1 aliphatic rings. The number of hydrazone groups is 1. The van der Waals surface area contributed by atoms with E-state index in [2.05, 4.69) is 31.4 Å². The third-order valence-corrected chi connectivity index (χ3v) is 2.58. The third-order valence-electron chi connectivity index (χ3n) is 1.67. The molecule has 2 heterocycles. The van der Waals surface area contributed by atoms with E-state index in [1.165, 1.54) is 5.12 Å². The minimum absolute atomic E-state index is 0.456. The van der Waals surface area contributed by atoms with Crippen LogP contribution in [0.15, 0.2) is 15.8 Å². The maximum absolute atomic E-state index is 5.96. The Balaban J connectivity index is 2.42. The summed E-state index contributed by atoms with van der Waals surface area (Å²) in [7, 11) is 0. The molecular formula is C7H7BrClN5. The largest absolute Gasteiger partial charge is 0.396 e. The number of nitrogen functional groups attached to an aromatic ring is 1. The summed E-state index contributed by atoms with van der Waals surface area (Å²) < 4.78 is 0.556. The second kappa shape index (κ2) is 3.72. The van der Waals surface area contributed by atoms with E-state index in [0.29, 0.717) is 27.7 Å². The van der Waals surface area contributed by atoms with E-state index in [9.17, 15) is 0 Å². The fourth-order valence-electron chi connectivity index (χ4n) is 1.04. The van der Waals surface area contributed by atoms with Crippen LogP contribution in [0.4, 0.5) is 11.5 Å². The molecule has 0 amide bonds. The molecule has 0 unspecified atom stereocenters. The van der Waals surface area contributed by atoms with Crippen LogP contribution in [-0.4, -0.2) is 17.7 Å². The van der Waals surface area contributed by atoms with Crippen molar-refractivity contribution in [2.45, 2.75) is 0 Å². The van der Waals surface area contributed by atoms with Gasteiger partial charge < -0.3 is 5.73 Å². The Labute approximate surface area is 94.0 Å². The molecule has 0 aromatic carbocycles. The van der Waals surface area contributed by atoms with Crippen LogP contribution in [0.5, 0.6) is 0 Å². The molecule has 1 aromatic heterocycles. The van der Waals surface area contributed by atoms with Gasteiger partial charge in [-0.1, -0.05) is 11.6 Å². The molecule has 14 heavy (non-hydrogen) atoms. The first-order chi connectivity index (χ1) is 6.68. The predicted molar refractivity (Wildman–Crippen MR) is 60.3 cm³/mol. The maximum Gasteiger partial charge on any atom is 0.186 e. The standard InChI is InChI=1S/C7H7BrClN5/c8-6-5(10)3-4(9)7(13-6)14-11-1-2-12-14/h1,3,12H,2,10H2. The van der Waals surface area contributed by atoms with Gasteiger partial charge in [-0.15, -0.1) is 0 Å². The number of hydrazine groups is 1. The minimum Gasteiger partial charge on any atom is -0.396 e. The van der Waals surface area contributed by atoms with Crippen LogP contribution >= 0.6 is 27.5 Å². The van der Waals surface area contributed by atoms with Crippen LogP contribution in [0.2, 0.25) is 5.02 Å². The van der Waals surface area contributed by atoms with Gasteiger partial charge in [0.25, 0.3) is 0 Å². The van der Waals surface area contributed by atoms with E-state index < -0.39 is 0 Å². The van der Waals surface area contributed by atoms with Gasteiger partial charge in [-0.3, -0.25) is 0 Å². The molecule has 0 bridgehead atoms. The van der Waals surface area contributed by atoms with Gasteiger partial charge in [-0.05, 0) is 22.0 Å². The van der Waals surface area contributed by atoms with Gasteiger partial charge in [0.15, 0.2) is 5.82 Å². The van der Waals surface area contributed by atoms with Crippen molar-refractivity contribution < 1.29 is 0 Å². The minimum atomic E-state index is 0.456. The van der Waals surface area contributed by atoms with E-state index in [0.717, 1.165) is 0 Å². The van der Waals surface area contributed by atoms with Crippen LogP contribution in [0.25, 0.3) is 0 Å². The zero-order valence-electron chi connectivity index (χ0n) is 7.04. The number of nitrogens with zero attached hydrogens (tertiary/aromatic N) is 3. The Morgan fingerprint density at radius 2 is 2.43 bits per heavy atom. The molecule has 0 aliphatic carbocycles. The monoisotopic (exact) mass is 275 g/mol. The molecule has 1 aliphatic heterocycles. The number of halogens is 2. The van der Waals surface area contributed by atoms with Gasteiger partial charge in [0.2, 0.25) is 0 Å². The summed E-state index contributed by atoms with van der Waals surface area (Å²) in [6, 6.07) is 1.63. The molecule has 74 valence electrons. The van der Waals surface area contributed by atoms with Crippen LogP contribution in [0.3, 0.4) is 0 Å². The fourth-order valence-corrected chi connectivity index (χ4v) is 1.56. The zero-order chi connectivity index (χ0) is 10.1. The molecule has 0 saturated carbocycles. The van der Waals surface area contributed by atoms with Crippen molar-refractivity contribution in [3.63, 3.8) is 0 Å². The molecule has 2 rings (SSSR count). The lowest BCUT2D eigenvalue weighted by atomic mass is 10.4. The van der Waals surface area contributed by atoms with E-state index in [4.69, 9.17) is 17.3 Å². The number of rotatable bonds is 1. The topological polar surface area (TPSA) is 66.5 Å². The number of nitrogens with one attached hydrogen (secondary N) is 1. The number of hydrogen-bond acceptors (Lipinski definition) is 5. The van der Waals surface area contributed by atoms with Crippen LogP contribution in [0.1, 0.15) is 0 Å². The van der Waals surface area contributed by atoms with Gasteiger partial charge in [0, 0.05) is 6.21 Å². The van der Waals surface area contributed by atoms with Crippen molar-refractivity contribution >= 4 is 45.3 Å². The quantitative estimate of drug-likeness (QED) is 0.761. The van der Waals surface area contributed by atoms with Gasteiger partial charge >= 0.3 is 0 Å². The normalized spacial score (nSPS) is 15.1. The second-order valence-electron chi connectivity index (χ2n) is 2.65.